The fourth-order valence-corrected chi connectivity index (χ4v) is 2.91. The standard InChI is InChI=1S/C11H15N3O3S/c1-2-6-3-7(8(4-6)10(16)17)9(15)13-11-14-12-5-18-11/h5-8H,2-4H2,1H3,(H,16,17)(H,13,14,15)/t6?,7-,8+/m0/s1. The number of hydrogen-bond acceptors (Lipinski definition) is 5. The van der Waals surface area contributed by atoms with Gasteiger partial charge in [0.15, 0.2) is 0 Å². The van der Waals surface area contributed by atoms with Gasteiger partial charge >= 0.3 is 5.97 Å². The molecule has 1 aromatic heterocycles. The fraction of sp³-hybridized carbons (Fsp3) is 0.636. The lowest BCUT2D eigenvalue weighted by atomic mass is 9.95. The predicted octanol–water partition coefficient (Wildman–Crippen LogP) is 1.61. The van der Waals surface area contributed by atoms with Crippen LogP contribution in [-0.4, -0.2) is 27.2 Å². The van der Waals surface area contributed by atoms with Crippen molar-refractivity contribution in [3.05, 3.63) is 5.51 Å². The molecule has 3 atom stereocenters. The number of nitrogens with one attached hydrogen (secondary N) is 1. The lowest BCUT2D eigenvalue weighted by Gasteiger charge is -2.13. The third-order valence-electron chi connectivity index (χ3n) is 3.48. The van der Waals surface area contributed by atoms with Crippen LogP contribution in [0.5, 0.6) is 0 Å². The second kappa shape index (κ2) is 5.43. The van der Waals surface area contributed by atoms with Crippen LogP contribution in [0.2, 0.25) is 0 Å². The van der Waals surface area contributed by atoms with Crippen LogP contribution in [0.4, 0.5) is 5.13 Å². The molecule has 1 fully saturated rings. The summed E-state index contributed by atoms with van der Waals surface area (Å²) in [4.78, 5) is 23.2. The molecule has 0 aliphatic heterocycles. The van der Waals surface area contributed by atoms with Crippen molar-refractivity contribution in [2.24, 2.45) is 17.8 Å². The van der Waals surface area contributed by atoms with Gasteiger partial charge in [0.2, 0.25) is 11.0 Å². The van der Waals surface area contributed by atoms with E-state index in [1.165, 1.54) is 16.8 Å². The van der Waals surface area contributed by atoms with Crippen molar-refractivity contribution in [1.82, 2.24) is 10.2 Å². The van der Waals surface area contributed by atoms with Gasteiger partial charge in [-0.3, -0.25) is 9.59 Å². The average Bonchev–Trinajstić information content (AvgIpc) is 2.96. The highest BCUT2D eigenvalue weighted by Gasteiger charge is 2.42. The van der Waals surface area contributed by atoms with Crippen LogP contribution in [-0.2, 0) is 9.59 Å². The first-order chi connectivity index (χ1) is 8.61. The third-order valence-corrected chi connectivity index (χ3v) is 4.09. The molecule has 2 N–H and O–H groups in total. The van der Waals surface area contributed by atoms with Crippen LogP contribution in [0, 0.1) is 17.8 Å². The van der Waals surface area contributed by atoms with E-state index in [1.54, 1.807) is 0 Å². The fourth-order valence-electron chi connectivity index (χ4n) is 2.46. The number of hydrogen-bond donors (Lipinski definition) is 2. The Morgan fingerprint density at radius 3 is 2.78 bits per heavy atom. The Kier molecular flexibility index (Phi) is 3.90. The second-order valence-corrected chi connectivity index (χ2v) is 5.36. The number of anilines is 1. The quantitative estimate of drug-likeness (QED) is 0.866. The Hall–Kier alpha value is -1.50. The van der Waals surface area contributed by atoms with Crippen molar-refractivity contribution >= 4 is 28.3 Å². The van der Waals surface area contributed by atoms with E-state index in [1.807, 2.05) is 6.92 Å². The number of carboxylic acids is 1. The van der Waals surface area contributed by atoms with Gasteiger partial charge in [-0.25, -0.2) is 0 Å². The van der Waals surface area contributed by atoms with Crippen LogP contribution in [0.15, 0.2) is 5.51 Å². The minimum Gasteiger partial charge on any atom is -0.481 e. The summed E-state index contributed by atoms with van der Waals surface area (Å²) in [6.07, 6.45) is 2.13. The smallest absolute Gasteiger partial charge is 0.307 e. The Balaban J connectivity index is 2.05. The topological polar surface area (TPSA) is 92.2 Å². The molecule has 1 aliphatic carbocycles. The van der Waals surface area contributed by atoms with Crippen molar-refractivity contribution in [2.75, 3.05) is 5.32 Å². The molecule has 0 radical (unpaired) electrons. The van der Waals surface area contributed by atoms with E-state index in [-0.39, 0.29) is 5.91 Å². The number of aromatic nitrogens is 2. The van der Waals surface area contributed by atoms with E-state index in [0.29, 0.717) is 23.9 Å². The molecule has 0 bridgehead atoms. The summed E-state index contributed by atoms with van der Waals surface area (Å²) >= 11 is 1.22. The van der Waals surface area contributed by atoms with Gasteiger partial charge in [0, 0.05) is 0 Å². The first kappa shape index (κ1) is 12.9. The summed E-state index contributed by atoms with van der Waals surface area (Å²) in [6, 6.07) is 0. The number of carbonyl (C=O) groups is 2. The highest BCUT2D eigenvalue weighted by atomic mass is 32.1. The zero-order valence-corrected chi connectivity index (χ0v) is 10.8. The molecular weight excluding hydrogens is 254 g/mol. The van der Waals surface area contributed by atoms with Crippen molar-refractivity contribution in [2.45, 2.75) is 26.2 Å². The normalized spacial score (nSPS) is 27.1. The molecule has 18 heavy (non-hydrogen) atoms. The van der Waals surface area contributed by atoms with Gasteiger partial charge in [-0.15, -0.1) is 10.2 Å². The number of rotatable bonds is 4. The van der Waals surface area contributed by atoms with E-state index in [9.17, 15) is 9.59 Å². The zero-order chi connectivity index (χ0) is 13.1. The van der Waals surface area contributed by atoms with Gasteiger partial charge in [-0.2, -0.15) is 0 Å². The molecule has 0 aromatic carbocycles. The SMILES string of the molecule is CCC1C[C@H](C(=O)Nc2nncs2)[C@H](C(=O)O)C1. The summed E-state index contributed by atoms with van der Waals surface area (Å²) in [7, 11) is 0. The summed E-state index contributed by atoms with van der Waals surface area (Å²) in [6.45, 7) is 2.02. The second-order valence-electron chi connectivity index (χ2n) is 4.53. The molecule has 1 amide bonds. The molecule has 1 heterocycles. The third kappa shape index (κ3) is 2.66. The van der Waals surface area contributed by atoms with Crippen molar-refractivity contribution in [1.29, 1.82) is 0 Å². The number of carbonyl (C=O) groups excluding carboxylic acids is 1. The first-order valence-corrected chi connectivity index (χ1v) is 6.79. The van der Waals surface area contributed by atoms with Crippen LogP contribution in [0.25, 0.3) is 0 Å². The summed E-state index contributed by atoms with van der Waals surface area (Å²) in [5.41, 5.74) is 1.52. The van der Waals surface area contributed by atoms with E-state index in [0.717, 1.165) is 6.42 Å². The largest absolute Gasteiger partial charge is 0.481 e. The number of aliphatic carboxylic acids is 1. The van der Waals surface area contributed by atoms with Gasteiger partial charge < -0.3 is 10.4 Å². The first-order valence-electron chi connectivity index (χ1n) is 5.91. The van der Waals surface area contributed by atoms with Crippen molar-refractivity contribution in [3.63, 3.8) is 0 Å². The predicted molar refractivity (Wildman–Crippen MR) is 66.2 cm³/mol. The lowest BCUT2D eigenvalue weighted by molar-refractivity contribution is -0.145. The molecule has 0 saturated heterocycles. The Bertz CT molecular complexity index is 435. The minimum absolute atomic E-state index is 0.255. The van der Waals surface area contributed by atoms with E-state index >= 15 is 0 Å². The molecule has 6 nitrogen and oxygen atoms in total. The molecule has 2 rings (SSSR count). The summed E-state index contributed by atoms with van der Waals surface area (Å²) in [5, 5.41) is 19.6. The molecule has 1 aliphatic rings. The van der Waals surface area contributed by atoms with Crippen molar-refractivity contribution < 1.29 is 14.7 Å². The lowest BCUT2D eigenvalue weighted by Crippen LogP contribution is -2.29. The molecule has 98 valence electrons. The molecular formula is C11H15N3O3S. The van der Waals surface area contributed by atoms with Crippen LogP contribution in [0.1, 0.15) is 26.2 Å². The molecule has 1 unspecified atom stereocenters. The number of carboxylic acid groups (broad SMARTS) is 1. The highest BCUT2D eigenvalue weighted by molar-refractivity contribution is 7.13. The van der Waals surface area contributed by atoms with Gasteiger partial charge in [0.05, 0.1) is 11.8 Å². The van der Waals surface area contributed by atoms with Gasteiger partial charge in [-0.1, -0.05) is 24.7 Å². The minimum atomic E-state index is -0.886. The van der Waals surface area contributed by atoms with Crippen LogP contribution >= 0.6 is 11.3 Å². The molecule has 7 heteroatoms. The van der Waals surface area contributed by atoms with Gasteiger partial charge in [-0.05, 0) is 18.8 Å². The monoisotopic (exact) mass is 269 g/mol. The van der Waals surface area contributed by atoms with E-state index < -0.39 is 17.8 Å². The summed E-state index contributed by atoms with van der Waals surface area (Å²) in [5.74, 6) is -1.87. The summed E-state index contributed by atoms with van der Waals surface area (Å²) < 4.78 is 0. The molecule has 0 spiro atoms. The number of amides is 1. The van der Waals surface area contributed by atoms with Gasteiger partial charge in [0.1, 0.15) is 5.51 Å². The molecule has 1 saturated carbocycles. The van der Waals surface area contributed by atoms with Crippen LogP contribution in [0.3, 0.4) is 0 Å². The Morgan fingerprint density at radius 1 is 1.50 bits per heavy atom. The number of nitrogens with zero attached hydrogens (tertiary/aromatic N) is 2. The maximum Gasteiger partial charge on any atom is 0.307 e. The Morgan fingerprint density at radius 2 is 2.22 bits per heavy atom. The maximum absolute atomic E-state index is 12.1. The maximum atomic E-state index is 12.1. The van der Waals surface area contributed by atoms with Gasteiger partial charge in [0.25, 0.3) is 0 Å². The zero-order valence-electron chi connectivity index (χ0n) is 10.00. The molecule has 1 aromatic rings. The highest BCUT2D eigenvalue weighted by Crippen LogP contribution is 2.39. The van der Waals surface area contributed by atoms with Crippen molar-refractivity contribution in [3.8, 4) is 0 Å². The van der Waals surface area contributed by atoms with E-state index in [2.05, 4.69) is 15.5 Å². The van der Waals surface area contributed by atoms with Crippen LogP contribution < -0.4 is 5.32 Å². The Labute approximate surface area is 108 Å². The van der Waals surface area contributed by atoms with E-state index in [4.69, 9.17) is 5.11 Å². The average molecular weight is 269 g/mol.